The summed E-state index contributed by atoms with van der Waals surface area (Å²) in [5.41, 5.74) is 5.27. The molecule has 0 atom stereocenters. The molecule has 0 amide bonds. The Morgan fingerprint density at radius 2 is 2.29 bits per heavy atom. The van der Waals surface area contributed by atoms with Crippen molar-refractivity contribution in [3.63, 3.8) is 0 Å². The summed E-state index contributed by atoms with van der Waals surface area (Å²) in [6.07, 6.45) is -3.00. The van der Waals surface area contributed by atoms with Crippen LogP contribution in [0, 0.1) is 0 Å². The van der Waals surface area contributed by atoms with E-state index in [9.17, 15) is 13.6 Å². The van der Waals surface area contributed by atoms with Gasteiger partial charge in [-0.25, -0.2) is 8.78 Å². The Bertz CT molecular complexity index is 427. The summed E-state index contributed by atoms with van der Waals surface area (Å²) < 4.78 is 29.8. The number of rotatable bonds is 4. The predicted molar refractivity (Wildman–Crippen MR) is 57.8 cm³/mol. The number of pyridine rings is 1. The second-order valence-electron chi connectivity index (χ2n) is 3.22. The molecule has 0 fully saturated rings. The molecule has 1 heterocycles. The first-order valence-electron chi connectivity index (χ1n) is 4.72. The normalized spacial score (nSPS) is 10.7. The third-order valence-corrected chi connectivity index (χ3v) is 2.53. The Morgan fingerprint density at radius 3 is 2.76 bits per heavy atom. The molecule has 0 aliphatic carbocycles. The molecular formula is C10H11ClF2N2O2. The van der Waals surface area contributed by atoms with Gasteiger partial charge < -0.3 is 10.5 Å². The van der Waals surface area contributed by atoms with Gasteiger partial charge in [0.15, 0.2) is 0 Å². The van der Waals surface area contributed by atoms with Gasteiger partial charge in [0.2, 0.25) is 0 Å². The third kappa shape index (κ3) is 3.34. The van der Waals surface area contributed by atoms with Crippen molar-refractivity contribution in [1.29, 1.82) is 0 Å². The van der Waals surface area contributed by atoms with Crippen LogP contribution in [0.4, 0.5) is 8.78 Å². The van der Waals surface area contributed by atoms with E-state index in [0.717, 1.165) is 6.07 Å². The van der Waals surface area contributed by atoms with Crippen LogP contribution < -0.4 is 5.73 Å². The van der Waals surface area contributed by atoms with Gasteiger partial charge in [-0.15, -0.1) is 0 Å². The average molecular weight is 265 g/mol. The zero-order valence-corrected chi connectivity index (χ0v) is 9.80. The van der Waals surface area contributed by atoms with Gasteiger partial charge in [-0.2, -0.15) is 0 Å². The van der Waals surface area contributed by atoms with Crippen LogP contribution >= 0.6 is 11.6 Å². The highest BCUT2D eigenvalue weighted by atomic mass is 35.5. The Hall–Kier alpha value is -1.27. The van der Waals surface area contributed by atoms with Crippen LogP contribution in [-0.2, 0) is 22.5 Å². The molecule has 0 aliphatic rings. The first kappa shape index (κ1) is 13.8. The lowest BCUT2D eigenvalue weighted by molar-refractivity contribution is -0.139. The maximum Gasteiger partial charge on any atom is 0.311 e. The minimum atomic E-state index is -2.74. The number of hydrogen-bond acceptors (Lipinski definition) is 4. The molecule has 0 saturated heterocycles. The third-order valence-electron chi connectivity index (χ3n) is 2.09. The summed E-state index contributed by atoms with van der Waals surface area (Å²) in [4.78, 5) is 15.0. The van der Waals surface area contributed by atoms with Crippen LogP contribution in [0.15, 0.2) is 6.07 Å². The Balaban J connectivity index is 3.19. The lowest BCUT2D eigenvalue weighted by atomic mass is 10.1. The van der Waals surface area contributed by atoms with Crippen LogP contribution in [0.25, 0.3) is 0 Å². The fourth-order valence-corrected chi connectivity index (χ4v) is 1.50. The first-order chi connectivity index (χ1) is 7.99. The van der Waals surface area contributed by atoms with Crippen molar-refractivity contribution < 1.29 is 18.3 Å². The quantitative estimate of drug-likeness (QED) is 0.843. The van der Waals surface area contributed by atoms with Crippen molar-refractivity contribution in [2.24, 2.45) is 5.73 Å². The van der Waals surface area contributed by atoms with Crippen molar-refractivity contribution in [2.45, 2.75) is 19.4 Å². The molecule has 0 aliphatic heterocycles. The number of aromatic nitrogens is 1. The molecule has 1 aromatic heterocycles. The molecule has 0 saturated carbocycles. The molecule has 4 nitrogen and oxygen atoms in total. The van der Waals surface area contributed by atoms with Crippen molar-refractivity contribution in [1.82, 2.24) is 4.98 Å². The second kappa shape index (κ2) is 5.88. The minimum Gasteiger partial charge on any atom is -0.469 e. The van der Waals surface area contributed by atoms with E-state index in [1.807, 2.05) is 0 Å². The maximum absolute atomic E-state index is 12.7. The number of esters is 1. The van der Waals surface area contributed by atoms with Gasteiger partial charge in [-0.1, -0.05) is 11.6 Å². The number of hydrogen-bond donors (Lipinski definition) is 1. The number of carbonyl (C=O) groups is 1. The minimum absolute atomic E-state index is 0.00887. The highest BCUT2D eigenvalue weighted by Crippen LogP contribution is 2.30. The molecule has 0 spiro atoms. The molecule has 7 heteroatoms. The SMILES string of the molecule is COC(=O)Cc1nc(CN)cc(C(F)F)c1Cl. The fraction of sp³-hybridized carbons (Fsp3) is 0.400. The van der Waals surface area contributed by atoms with Crippen molar-refractivity contribution >= 4 is 17.6 Å². The van der Waals surface area contributed by atoms with E-state index in [0.29, 0.717) is 0 Å². The van der Waals surface area contributed by atoms with E-state index in [2.05, 4.69) is 9.72 Å². The summed E-state index contributed by atoms with van der Waals surface area (Å²) in [5.74, 6) is -0.603. The van der Waals surface area contributed by atoms with Gasteiger partial charge in [-0.3, -0.25) is 9.78 Å². The molecule has 0 bridgehead atoms. The Kier molecular flexibility index (Phi) is 4.77. The number of carbonyl (C=O) groups excluding carboxylic acids is 1. The lowest BCUT2D eigenvalue weighted by Gasteiger charge is -2.10. The lowest BCUT2D eigenvalue weighted by Crippen LogP contribution is -2.11. The average Bonchev–Trinajstić information content (AvgIpc) is 2.31. The van der Waals surface area contributed by atoms with E-state index in [-0.39, 0.29) is 34.9 Å². The smallest absolute Gasteiger partial charge is 0.311 e. The maximum atomic E-state index is 12.7. The number of ether oxygens (including phenoxy) is 1. The molecule has 0 radical (unpaired) electrons. The second-order valence-corrected chi connectivity index (χ2v) is 3.60. The number of nitrogens with zero attached hydrogens (tertiary/aromatic N) is 1. The Morgan fingerprint density at radius 1 is 1.65 bits per heavy atom. The summed E-state index contributed by atoms with van der Waals surface area (Å²) in [7, 11) is 1.19. The van der Waals surface area contributed by atoms with Crippen LogP contribution in [0.2, 0.25) is 5.02 Å². The monoisotopic (exact) mass is 264 g/mol. The van der Waals surface area contributed by atoms with E-state index < -0.39 is 12.4 Å². The molecule has 17 heavy (non-hydrogen) atoms. The van der Waals surface area contributed by atoms with E-state index in [4.69, 9.17) is 17.3 Å². The van der Waals surface area contributed by atoms with E-state index in [1.54, 1.807) is 0 Å². The van der Waals surface area contributed by atoms with Crippen LogP contribution in [0.1, 0.15) is 23.4 Å². The molecule has 1 aromatic rings. The predicted octanol–water partition coefficient (Wildman–Crippen LogP) is 1.85. The van der Waals surface area contributed by atoms with Crippen LogP contribution in [-0.4, -0.2) is 18.1 Å². The fourth-order valence-electron chi connectivity index (χ4n) is 1.25. The van der Waals surface area contributed by atoms with Gasteiger partial charge in [0, 0.05) is 12.1 Å². The molecule has 2 N–H and O–H groups in total. The van der Waals surface area contributed by atoms with Crippen LogP contribution in [0.3, 0.4) is 0 Å². The number of methoxy groups -OCH3 is 1. The van der Waals surface area contributed by atoms with E-state index >= 15 is 0 Å². The van der Waals surface area contributed by atoms with Gasteiger partial charge in [0.1, 0.15) is 0 Å². The van der Waals surface area contributed by atoms with Gasteiger partial charge in [0.05, 0.1) is 29.9 Å². The molecule has 0 unspecified atom stereocenters. The summed E-state index contributed by atoms with van der Waals surface area (Å²) >= 11 is 5.74. The van der Waals surface area contributed by atoms with Gasteiger partial charge >= 0.3 is 5.97 Å². The summed E-state index contributed by atoms with van der Waals surface area (Å²) in [5, 5.41) is -0.220. The molecule has 94 valence electrons. The van der Waals surface area contributed by atoms with Crippen molar-refractivity contribution in [3.05, 3.63) is 28.0 Å². The topological polar surface area (TPSA) is 65.2 Å². The summed E-state index contributed by atoms with van der Waals surface area (Å²) in [6, 6.07) is 1.13. The zero-order chi connectivity index (χ0) is 13.0. The van der Waals surface area contributed by atoms with Crippen molar-refractivity contribution in [2.75, 3.05) is 7.11 Å². The standard InChI is InChI=1S/C10H11ClF2N2O2/c1-17-8(16)3-7-9(11)6(10(12)13)2-5(4-14)15-7/h2,10H,3-4,14H2,1H3. The molecular weight excluding hydrogens is 254 g/mol. The molecule has 0 aromatic carbocycles. The number of nitrogens with two attached hydrogens (primary N) is 1. The summed E-state index contributed by atoms with van der Waals surface area (Å²) in [6.45, 7) is -0.00887. The van der Waals surface area contributed by atoms with Crippen LogP contribution in [0.5, 0.6) is 0 Å². The highest BCUT2D eigenvalue weighted by molar-refractivity contribution is 6.32. The van der Waals surface area contributed by atoms with E-state index in [1.165, 1.54) is 7.11 Å². The zero-order valence-electron chi connectivity index (χ0n) is 9.04. The first-order valence-corrected chi connectivity index (χ1v) is 5.10. The van der Waals surface area contributed by atoms with Crippen molar-refractivity contribution in [3.8, 4) is 0 Å². The largest absolute Gasteiger partial charge is 0.469 e. The van der Waals surface area contributed by atoms with Gasteiger partial charge in [0.25, 0.3) is 6.43 Å². The number of alkyl halides is 2. The highest BCUT2D eigenvalue weighted by Gasteiger charge is 2.19. The Labute approximate surface area is 102 Å². The number of halogens is 3. The molecule has 1 rings (SSSR count). The van der Waals surface area contributed by atoms with Gasteiger partial charge in [-0.05, 0) is 6.07 Å².